The van der Waals surface area contributed by atoms with Crippen molar-refractivity contribution in [1.82, 2.24) is 4.91 Å². The lowest BCUT2D eigenvalue weighted by molar-refractivity contribution is 0.0992. The summed E-state index contributed by atoms with van der Waals surface area (Å²) in [5.74, 6) is -0.486. The molecule has 1 rings (SSSR count). The molecule has 54 valence electrons. The number of carbonyl (C=O) groups is 1. The van der Waals surface area contributed by atoms with E-state index in [1.165, 1.54) is 0 Å². The topological polar surface area (TPSA) is 67.4 Å². The fraction of sp³-hybridized carbons (Fsp3) is 0. The van der Waals surface area contributed by atoms with Gasteiger partial charge in [0.25, 0.3) is 0 Å². The highest BCUT2D eigenvalue weighted by molar-refractivity contribution is 5.94. The van der Waals surface area contributed by atoms with E-state index in [1.807, 2.05) is 0 Å². The summed E-state index contributed by atoms with van der Waals surface area (Å²) >= 11 is 0. The number of hydrogen-bond acceptors (Lipinski definition) is 2. The van der Waals surface area contributed by atoms with E-state index < -0.39 is 5.91 Å². The lowest BCUT2D eigenvalue weighted by Gasteiger charge is -1.85. The normalized spacial score (nSPS) is 8.36. The Balaban J connectivity index is 2.94. The number of benzene rings is 1. The fourth-order valence-electron chi connectivity index (χ4n) is 0.684. The Morgan fingerprint density at radius 1 is 1.36 bits per heavy atom. The molecule has 11 heavy (non-hydrogen) atoms. The number of nitrogens with zero attached hydrogens (tertiary/aromatic N) is 2. The first-order chi connectivity index (χ1) is 5.34. The minimum atomic E-state index is -0.486. The van der Waals surface area contributed by atoms with Crippen LogP contribution in [0.3, 0.4) is 0 Å². The average molecular weight is 148 g/mol. The highest BCUT2D eigenvalue weighted by Gasteiger charge is 2.06. The standard InChI is InChI=1S/C7H6N3O/c8-10-9-7(11)6-4-2-1-3-5-6/h1-5,8H/q+1. The molecule has 0 fully saturated rings. The first kappa shape index (κ1) is 7.31. The molecule has 1 aromatic carbocycles. The van der Waals surface area contributed by atoms with Gasteiger partial charge in [-0.15, -0.1) is 0 Å². The maximum atomic E-state index is 10.9. The molecule has 0 spiro atoms. The van der Waals surface area contributed by atoms with Gasteiger partial charge in [0.15, 0.2) is 0 Å². The average Bonchev–Trinajstić information content (AvgIpc) is 2.07. The van der Waals surface area contributed by atoms with E-state index in [4.69, 9.17) is 5.53 Å². The molecule has 0 aromatic heterocycles. The van der Waals surface area contributed by atoms with Gasteiger partial charge in [0.1, 0.15) is 5.53 Å². The van der Waals surface area contributed by atoms with Gasteiger partial charge in [-0.05, 0) is 12.1 Å². The molecule has 0 aliphatic heterocycles. The van der Waals surface area contributed by atoms with Crippen LogP contribution in [0.1, 0.15) is 10.4 Å². The van der Waals surface area contributed by atoms with Crippen molar-refractivity contribution in [2.24, 2.45) is 5.11 Å². The maximum Gasteiger partial charge on any atom is 0.360 e. The van der Waals surface area contributed by atoms with E-state index in [0.717, 1.165) is 0 Å². The molecule has 0 aliphatic carbocycles. The van der Waals surface area contributed by atoms with Gasteiger partial charge in [-0.2, -0.15) is 0 Å². The van der Waals surface area contributed by atoms with Gasteiger partial charge in [0, 0.05) is 5.56 Å². The van der Waals surface area contributed by atoms with Gasteiger partial charge in [-0.25, -0.2) is 0 Å². The van der Waals surface area contributed by atoms with Crippen molar-refractivity contribution in [3.8, 4) is 0 Å². The Labute approximate surface area is 63.1 Å². The van der Waals surface area contributed by atoms with Crippen LogP contribution in [0.5, 0.6) is 0 Å². The molecule has 0 aliphatic rings. The molecule has 4 nitrogen and oxygen atoms in total. The largest absolute Gasteiger partial charge is 0.360 e. The third-order valence-electron chi connectivity index (χ3n) is 1.16. The van der Waals surface area contributed by atoms with Gasteiger partial charge >= 0.3 is 5.91 Å². The van der Waals surface area contributed by atoms with E-state index in [-0.39, 0.29) is 0 Å². The van der Waals surface area contributed by atoms with E-state index in [2.05, 4.69) is 10.0 Å². The van der Waals surface area contributed by atoms with Gasteiger partial charge in [-0.3, -0.25) is 4.79 Å². The van der Waals surface area contributed by atoms with Crippen molar-refractivity contribution < 1.29 is 4.79 Å². The van der Waals surface area contributed by atoms with E-state index in [0.29, 0.717) is 5.56 Å². The zero-order valence-corrected chi connectivity index (χ0v) is 5.69. The van der Waals surface area contributed by atoms with Crippen LogP contribution >= 0.6 is 0 Å². The Morgan fingerprint density at radius 2 is 2.00 bits per heavy atom. The van der Waals surface area contributed by atoms with Gasteiger partial charge in [0.2, 0.25) is 10.0 Å². The van der Waals surface area contributed by atoms with Crippen LogP contribution in [0.25, 0.3) is 0 Å². The van der Waals surface area contributed by atoms with Crippen LogP contribution in [0.4, 0.5) is 0 Å². The molecule has 0 heterocycles. The van der Waals surface area contributed by atoms with Gasteiger partial charge in [0.05, 0.1) is 0 Å². The fourth-order valence-corrected chi connectivity index (χ4v) is 0.684. The minimum Gasteiger partial charge on any atom is -0.259 e. The van der Waals surface area contributed by atoms with Crippen LogP contribution in [0.15, 0.2) is 35.4 Å². The monoisotopic (exact) mass is 148 g/mol. The van der Waals surface area contributed by atoms with Crippen LogP contribution in [0, 0.1) is 5.53 Å². The first-order valence-electron chi connectivity index (χ1n) is 3.01. The molecule has 0 saturated heterocycles. The molecule has 0 bridgehead atoms. The number of hydrogen-bond donors (Lipinski definition) is 1. The van der Waals surface area contributed by atoms with Crippen LogP contribution in [-0.2, 0) is 0 Å². The third-order valence-corrected chi connectivity index (χ3v) is 1.16. The minimum absolute atomic E-state index is 0.448. The van der Waals surface area contributed by atoms with Crippen molar-refractivity contribution in [2.75, 3.05) is 0 Å². The summed E-state index contributed by atoms with van der Waals surface area (Å²) in [7, 11) is 0. The molecule has 4 heteroatoms. The van der Waals surface area contributed by atoms with E-state index in [1.54, 1.807) is 30.3 Å². The second-order valence-electron chi connectivity index (χ2n) is 1.87. The number of amides is 1. The number of carbonyl (C=O) groups excluding carboxylic acids is 1. The third kappa shape index (κ3) is 1.81. The summed E-state index contributed by atoms with van der Waals surface area (Å²) in [6.45, 7) is 0. The predicted molar refractivity (Wildman–Crippen MR) is 38.1 cm³/mol. The van der Waals surface area contributed by atoms with Crippen LogP contribution in [0.2, 0.25) is 0 Å². The Morgan fingerprint density at radius 3 is 2.55 bits per heavy atom. The highest BCUT2D eigenvalue weighted by Crippen LogP contribution is 1.98. The van der Waals surface area contributed by atoms with Crippen molar-refractivity contribution in [3.05, 3.63) is 35.9 Å². The van der Waals surface area contributed by atoms with Crippen LogP contribution in [-0.4, -0.2) is 5.91 Å². The molecular formula is C7H6N3O+. The second-order valence-corrected chi connectivity index (χ2v) is 1.87. The zero-order chi connectivity index (χ0) is 8.10. The lowest BCUT2D eigenvalue weighted by atomic mass is 10.2. The van der Waals surface area contributed by atoms with Crippen molar-refractivity contribution in [1.29, 1.82) is 5.53 Å². The summed E-state index contributed by atoms with van der Waals surface area (Å²) in [4.78, 5) is 13.5. The summed E-state index contributed by atoms with van der Waals surface area (Å²) in [6.07, 6.45) is 0. The maximum absolute atomic E-state index is 10.9. The molecule has 0 unspecified atom stereocenters. The first-order valence-corrected chi connectivity index (χ1v) is 3.01. The Bertz CT molecular complexity index is 301. The van der Waals surface area contributed by atoms with Crippen molar-refractivity contribution >= 4 is 5.91 Å². The molecule has 0 atom stereocenters. The Kier molecular flexibility index (Phi) is 2.25. The predicted octanol–water partition coefficient (Wildman–Crippen LogP) is 1.38. The molecule has 1 amide bonds. The van der Waals surface area contributed by atoms with E-state index in [9.17, 15) is 4.79 Å². The van der Waals surface area contributed by atoms with Gasteiger partial charge in [-0.1, -0.05) is 18.2 Å². The summed E-state index contributed by atoms with van der Waals surface area (Å²) < 4.78 is 0. The van der Waals surface area contributed by atoms with E-state index >= 15 is 0 Å². The molecule has 1 N–H and O–H groups in total. The molecule has 0 saturated carbocycles. The number of nitrogens with one attached hydrogen (secondary N) is 1. The molecule has 1 aromatic rings. The molecule has 0 radical (unpaired) electrons. The summed E-state index contributed by atoms with van der Waals surface area (Å²) in [5.41, 5.74) is 6.77. The summed E-state index contributed by atoms with van der Waals surface area (Å²) in [6, 6.07) is 8.50. The SMILES string of the molecule is N=[N+]=NC(=O)c1ccccc1. The van der Waals surface area contributed by atoms with Crippen LogP contribution < -0.4 is 4.91 Å². The number of rotatable bonds is 1. The molecular weight excluding hydrogens is 142 g/mol. The lowest BCUT2D eigenvalue weighted by Crippen LogP contribution is -1.92. The highest BCUT2D eigenvalue weighted by atomic mass is 16.1. The summed E-state index contributed by atoms with van der Waals surface area (Å²) in [5, 5.41) is 3.05. The van der Waals surface area contributed by atoms with Crippen molar-refractivity contribution in [2.45, 2.75) is 0 Å². The quantitative estimate of drug-likeness (QED) is 0.474. The Hall–Kier alpha value is -1.80. The van der Waals surface area contributed by atoms with Gasteiger partial charge < -0.3 is 0 Å². The van der Waals surface area contributed by atoms with Crippen molar-refractivity contribution in [3.63, 3.8) is 0 Å². The zero-order valence-electron chi connectivity index (χ0n) is 5.69. The second kappa shape index (κ2) is 3.39. The smallest absolute Gasteiger partial charge is 0.259 e.